The fourth-order valence-corrected chi connectivity index (χ4v) is 4.66. The lowest BCUT2D eigenvalue weighted by Crippen LogP contribution is -2.27. The van der Waals surface area contributed by atoms with Gasteiger partial charge in [-0.15, -0.1) is 21.5 Å². The Morgan fingerprint density at radius 3 is 2.44 bits per heavy atom. The Morgan fingerprint density at radius 2 is 1.74 bits per heavy atom. The Bertz CT molecular complexity index is 1470. The number of benzene rings is 2. The molecular formula is C23H16F6N6O2S2. The third-order valence-corrected chi connectivity index (χ3v) is 6.64. The molecule has 204 valence electrons. The normalized spacial score (nSPS) is 11.8. The Hall–Kier alpha value is -3.92. The summed E-state index contributed by atoms with van der Waals surface area (Å²) in [6, 6.07) is 8.33. The zero-order valence-corrected chi connectivity index (χ0v) is 21.0. The van der Waals surface area contributed by atoms with Gasteiger partial charge >= 0.3 is 12.4 Å². The summed E-state index contributed by atoms with van der Waals surface area (Å²) in [6.07, 6.45) is -7.96. The van der Waals surface area contributed by atoms with Crippen molar-refractivity contribution in [3.63, 3.8) is 0 Å². The molecule has 16 heteroatoms. The van der Waals surface area contributed by atoms with Gasteiger partial charge in [-0.2, -0.15) is 26.3 Å². The van der Waals surface area contributed by atoms with Gasteiger partial charge in [0, 0.05) is 11.6 Å². The van der Waals surface area contributed by atoms with E-state index in [1.807, 2.05) is 0 Å². The highest BCUT2D eigenvalue weighted by Gasteiger charge is 2.35. The van der Waals surface area contributed by atoms with Gasteiger partial charge in [-0.05, 0) is 30.3 Å². The third kappa shape index (κ3) is 6.94. The van der Waals surface area contributed by atoms with Crippen LogP contribution in [0.5, 0.6) is 0 Å². The van der Waals surface area contributed by atoms with Crippen molar-refractivity contribution < 1.29 is 35.9 Å². The molecule has 0 radical (unpaired) electrons. The third-order valence-electron chi connectivity index (χ3n) is 5.03. The Kier molecular flexibility index (Phi) is 8.25. The van der Waals surface area contributed by atoms with Crippen molar-refractivity contribution in [1.29, 1.82) is 0 Å². The quantitative estimate of drug-likeness (QED) is 0.211. The van der Waals surface area contributed by atoms with Crippen molar-refractivity contribution in [3.8, 4) is 5.69 Å². The van der Waals surface area contributed by atoms with Crippen LogP contribution in [0, 0.1) is 0 Å². The van der Waals surface area contributed by atoms with Crippen LogP contribution in [0.15, 0.2) is 65.3 Å². The SMILES string of the molecule is O=C(CSc1nnc(CNC(=O)c2ccccc2C(F)(F)F)n1-c1cccc(C(F)(F)F)c1)Nc1nccs1. The van der Waals surface area contributed by atoms with Crippen molar-refractivity contribution in [1.82, 2.24) is 25.1 Å². The molecule has 0 aliphatic carbocycles. The van der Waals surface area contributed by atoms with Crippen molar-refractivity contribution >= 4 is 40.0 Å². The van der Waals surface area contributed by atoms with E-state index in [-0.39, 0.29) is 22.4 Å². The molecule has 0 saturated heterocycles. The van der Waals surface area contributed by atoms with Crippen LogP contribution in [0.3, 0.4) is 0 Å². The highest BCUT2D eigenvalue weighted by molar-refractivity contribution is 7.99. The number of nitrogens with zero attached hydrogens (tertiary/aromatic N) is 4. The smallest absolute Gasteiger partial charge is 0.345 e. The summed E-state index contributed by atoms with van der Waals surface area (Å²) in [5.74, 6) is -1.82. The zero-order valence-electron chi connectivity index (χ0n) is 19.4. The van der Waals surface area contributed by atoms with Crippen molar-refractivity contribution in [2.24, 2.45) is 0 Å². The van der Waals surface area contributed by atoms with Crippen LogP contribution < -0.4 is 10.6 Å². The second-order valence-corrected chi connectivity index (χ2v) is 9.52. The lowest BCUT2D eigenvalue weighted by molar-refractivity contribution is -0.138. The van der Waals surface area contributed by atoms with Gasteiger partial charge in [0.25, 0.3) is 5.91 Å². The number of nitrogens with one attached hydrogen (secondary N) is 2. The lowest BCUT2D eigenvalue weighted by Gasteiger charge is -2.14. The lowest BCUT2D eigenvalue weighted by atomic mass is 10.1. The minimum Gasteiger partial charge on any atom is -0.345 e. The van der Waals surface area contributed by atoms with Gasteiger partial charge < -0.3 is 10.6 Å². The number of anilines is 1. The maximum absolute atomic E-state index is 13.4. The first kappa shape index (κ1) is 28.1. The van der Waals surface area contributed by atoms with Crippen LogP contribution in [0.2, 0.25) is 0 Å². The highest BCUT2D eigenvalue weighted by Crippen LogP contribution is 2.33. The fourth-order valence-electron chi connectivity index (χ4n) is 3.34. The second-order valence-electron chi connectivity index (χ2n) is 7.68. The molecule has 0 saturated carbocycles. The number of rotatable bonds is 8. The average Bonchev–Trinajstić information content (AvgIpc) is 3.55. The standard InChI is InChI=1S/C23H16F6N6O2S2/c24-22(25,26)13-4-3-5-14(10-13)35-17(11-31-19(37)15-6-1-2-7-16(15)23(27,28)29)33-34-21(35)39-12-18(36)32-20-30-8-9-38-20/h1-10H,11-12H2,(H,31,37)(H,30,32,36). The van der Waals surface area contributed by atoms with Crippen LogP contribution in [0.25, 0.3) is 5.69 Å². The molecule has 2 heterocycles. The topological polar surface area (TPSA) is 102 Å². The van der Waals surface area contributed by atoms with E-state index in [4.69, 9.17) is 0 Å². The van der Waals surface area contributed by atoms with Crippen LogP contribution in [-0.2, 0) is 23.7 Å². The van der Waals surface area contributed by atoms with Crippen molar-refractivity contribution in [2.45, 2.75) is 24.1 Å². The second kappa shape index (κ2) is 11.4. The van der Waals surface area contributed by atoms with Gasteiger partial charge in [-0.3, -0.25) is 14.2 Å². The largest absolute Gasteiger partial charge is 0.417 e. The Morgan fingerprint density at radius 1 is 0.974 bits per heavy atom. The number of thiazole rings is 1. The molecular weight excluding hydrogens is 570 g/mol. The molecule has 0 aliphatic rings. The minimum absolute atomic E-state index is 0.0172. The number of halogens is 6. The summed E-state index contributed by atoms with van der Waals surface area (Å²) in [6.45, 7) is -0.472. The molecule has 0 bridgehead atoms. The van der Waals surface area contributed by atoms with Gasteiger partial charge in [0.05, 0.1) is 34.7 Å². The van der Waals surface area contributed by atoms with Gasteiger partial charge in [-0.25, -0.2) is 4.98 Å². The molecule has 2 aromatic heterocycles. The first-order chi connectivity index (χ1) is 18.4. The van der Waals surface area contributed by atoms with Crippen LogP contribution in [0.1, 0.15) is 27.3 Å². The molecule has 0 fully saturated rings. The summed E-state index contributed by atoms with van der Waals surface area (Å²) in [4.78, 5) is 28.8. The summed E-state index contributed by atoms with van der Waals surface area (Å²) in [5.41, 5.74) is -2.79. The van der Waals surface area contributed by atoms with E-state index in [9.17, 15) is 35.9 Å². The van der Waals surface area contributed by atoms with E-state index in [1.54, 1.807) is 5.38 Å². The summed E-state index contributed by atoms with van der Waals surface area (Å²) < 4.78 is 81.3. The maximum Gasteiger partial charge on any atom is 0.417 e. The van der Waals surface area contributed by atoms with E-state index >= 15 is 0 Å². The molecule has 0 aliphatic heterocycles. The number of aromatic nitrogens is 4. The molecule has 0 unspecified atom stereocenters. The molecule has 2 amide bonds. The summed E-state index contributed by atoms with van der Waals surface area (Å²) in [5, 5.41) is 14.7. The summed E-state index contributed by atoms with van der Waals surface area (Å²) >= 11 is 2.04. The van der Waals surface area contributed by atoms with Gasteiger partial charge in [-0.1, -0.05) is 30.0 Å². The van der Waals surface area contributed by atoms with E-state index in [2.05, 4.69) is 25.8 Å². The number of hydrogen-bond donors (Lipinski definition) is 2. The predicted octanol–water partition coefficient (Wildman–Crippen LogP) is 5.42. The van der Waals surface area contributed by atoms with Gasteiger partial charge in [0.15, 0.2) is 16.1 Å². The molecule has 0 spiro atoms. The molecule has 8 nitrogen and oxygen atoms in total. The monoisotopic (exact) mass is 586 g/mol. The molecule has 2 N–H and O–H groups in total. The first-order valence-corrected chi connectivity index (χ1v) is 12.7. The first-order valence-electron chi connectivity index (χ1n) is 10.8. The molecule has 39 heavy (non-hydrogen) atoms. The number of amides is 2. The predicted molar refractivity (Wildman–Crippen MR) is 130 cm³/mol. The number of thioether (sulfide) groups is 1. The van der Waals surface area contributed by atoms with Gasteiger partial charge in [0.2, 0.25) is 5.91 Å². The highest BCUT2D eigenvalue weighted by atomic mass is 32.2. The number of carbonyl (C=O) groups excluding carboxylic acids is 2. The Labute approximate surface area is 224 Å². The molecule has 4 rings (SSSR count). The van der Waals surface area contributed by atoms with Gasteiger partial charge in [0.1, 0.15) is 0 Å². The number of carbonyl (C=O) groups is 2. The Balaban J connectivity index is 1.60. The van der Waals surface area contributed by atoms with Crippen molar-refractivity contribution in [2.75, 3.05) is 11.1 Å². The molecule has 2 aromatic carbocycles. The zero-order chi connectivity index (χ0) is 28.2. The van der Waals surface area contributed by atoms with Crippen LogP contribution in [0.4, 0.5) is 31.5 Å². The fraction of sp³-hybridized carbons (Fsp3) is 0.174. The van der Waals surface area contributed by atoms with E-state index in [1.165, 1.54) is 34.2 Å². The van der Waals surface area contributed by atoms with E-state index in [0.717, 1.165) is 48.2 Å². The van der Waals surface area contributed by atoms with E-state index < -0.39 is 47.4 Å². The number of alkyl halides is 6. The maximum atomic E-state index is 13.4. The average molecular weight is 587 g/mol. The number of hydrogen-bond acceptors (Lipinski definition) is 7. The molecule has 0 atom stereocenters. The molecule has 4 aromatic rings. The van der Waals surface area contributed by atoms with Crippen LogP contribution >= 0.6 is 23.1 Å². The van der Waals surface area contributed by atoms with Crippen molar-refractivity contribution in [3.05, 3.63) is 82.6 Å². The van der Waals surface area contributed by atoms with E-state index in [0.29, 0.717) is 5.13 Å². The minimum atomic E-state index is -4.78. The van der Waals surface area contributed by atoms with Crippen LogP contribution in [-0.4, -0.2) is 37.3 Å². The summed E-state index contributed by atoms with van der Waals surface area (Å²) in [7, 11) is 0.